The number of pyridine rings is 1. The number of rotatable bonds is 3. The summed E-state index contributed by atoms with van der Waals surface area (Å²) >= 11 is 0. The number of ether oxygens (including phenoxy) is 2. The van der Waals surface area contributed by atoms with Gasteiger partial charge in [-0.05, 0) is 18.2 Å². The van der Waals surface area contributed by atoms with Gasteiger partial charge < -0.3 is 20.3 Å². The van der Waals surface area contributed by atoms with E-state index in [1.54, 1.807) is 0 Å². The first kappa shape index (κ1) is 15.7. The number of nitrogens with zero attached hydrogens (tertiary/aromatic N) is 1. The van der Waals surface area contributed by atoms with Gasteiger partial charge in [0.15, 0.2) is 23.0 Å². The van der Waals surface area contributed by atoms with E-state index in [0.29, 0.717) is 0 Å². The van der Waals surface area contributed by atoms with E-state index in [4.69, 9.17) is 5.73 Å². The predicted molar refractivity (Wildman–Crippen MR) is 77.3 cm³/mol. The average Bonchev–Trinajstić information content (AvgIpc) is 2.82. The van der Waals surface area contributed by atoms with Crippen molar-refractivity contribution in [3.8, 4) is 22.8 Å². The number of carboxylic acids is 1. The third-order valence-corrected chi connectivity index (χ3v) is 3.29. The molecule has 0 amide bonds. The maximum absolute atomic E-state index is 14.4. The number of nitrogen functional groups attached to an aromatic ring is 1. The largest absolute Gasteiger partial charge is 0.586 e. The third-order valence-electron chi connectivity index (χ3n) is 3.29. The fourth-order valence-electron chi connectivity index (χ4n) is 2.25. The molecule has 24 heavy (non-hydrogen) atoms. The Morgan fingerprint density at radius 2 is 2.00 bits per heavy atom. The molecule has 0 aliphatic carbocycles. The lowest BCUT2D eigenvalue weighted by Gasteiger charge is -2.11. The van der Waals surface area contributed by atoms with Gasteiger partial charge in [0.05, 0.1) is 5.69 Å². The van der Waals surface area contributed by atoms with E-state index >= 15 is 0 Å². The SMILES string of the molecule is C=Cc1c(C(=O)O)nc(-c2ccc3c(c2)OC(F)(F)O3)c(F)c1N. The number of fused-ring (bicyclic) bond motifs is 1. The lowest BCUT2D eigenvalue weighted by Crippen LogP contribution is -2.25. The molecule has 0 saturated heterocycles. The van der Waals surface area contributed by atoms with Crippen LogP contribution < -0.4 is 15.2 Å². The van der Waals surface area contributed by atoms with E-state index in [9.17, 15) is 23.1 Å². The molecule has 3 N–H and O–H groups in total. The van der Waals surface area contributed by atoms with Crippen molar-refractivity contribution >= 4 is 17.7 Å². The highest BCUT2D eigenvalue weighted by Crippen LogP contribution is 2.43. The predicted octanol–water partition coefficient (Wildman–Crippen LogP) is 3.13. The van der Waals surface area contributed by atoms with Gasteiger partial charge >= 0.3 is 12.3 Å². The molecule has 0 fully saturated rings. The first-order chi connectivity index (χ1) is 11.2. The molecule has 1 aromatic heterocycles. The minimum absolute atomic E-state index is 0.00244. The molecule has 0 saturated carbocycles. The molecule has 0 unspecified atom stereocenters. The number of alkyl halides is 2. The summed E-state index contributed by atoms with van der Waals surface area (Å²) in [5, 5.41) is 9.17. The van der Waals surface area contributed by atoms with Crippen LogP contribution in [0.25, 0.3) is 17.3 Å². The molecule has 3 rings (SSSR count). The number of hydrogen-bond acceptors (Lipinski definition) is 5. The molecule has 0 spiro atoms. The highest BCUT2D eigenvalue weighted by Gasteiger charge is 2.43. The van der Waals surface area contributed by atoms with Gasteiger partial charge in [-0.15, -0.1) is 8.78 Å². The first-order valence-electron chi connectivity index (χ1n) is 6.48. The van der Waals surface area contributed by atoms with Crippen molar-refractivity contribution in [3.05, 3.63) is 41.9 Å². The lowest BCUT2D eigenvalue weighted by atomic mass is 10.0. The number of aromatic nitrogens is 1. The number of anilines is 1. The van der Waals surface area contributed by atoms with E-state index in [1.807, 2.05) is 0 Å². The molecule has 9 heteroatoms. The second kappa shape index (κ2) is 5.15. The van der Waals surface area contributed by atoms with Crippen molar-refractivity contribution in [2.75, 3.05) is 5.73 Å². The van der Waals surface area contributed by atoms with Gasteiger partial charge in [-0.1, -0.05) is 12.7 Å². The van der Waals surface area contributed by atoms with Crippen LogP contribution in [0.5, 0.6) is 11.5 Å². The molecule has 1 aliphatic rings. The molecule has 1 aliphatic heterocycles. The molecule has 2 aromatic rings. The molecule has 2 heterocycles. The quantitative estimate of drug-likeness (QED) is 0.893. The Labute approximate surface area is 132 Å². The highest BCUT2D eigenvalue weighted by molar-refractivity contribution is 5.94. The van der Waals surface area contributed by atoms with Crippen LogP contribution in [0, 0.1) is 5.82 Å². The molecule has 6 nitrogen and oxygen atoms in total. The molecule has 0 radical (unpaired) electrons. The molecule has 0 atom stereocenters. The second-order valence-corrected chi connectivity index (χ2v) is 4.79. The van der Waals surface area contributed by atoms with Crippen LogP contribution in [0.15, 0.2) is 24.8 Å². The van der Waals surface area contributed by atoms with Crippen LogP contribution in [-0.4, -0.2) is 22.4 Å². The number of hydrogen-bond donors (Lipinski definition) is 2. The van der Waals surface area contributed by atoms with Gasteiger partial charge in [0.1, 0.15) is 5.69 Å². The highest BCUT2D eigenvalue weighted by atomic mass is 19.3. The molecule has 0 bridgehead atoms. The number of halogens is 3. The Hall–Kier alpha value is -3.23. The zero-order valence-corrected chi connectivity index (χ0v) is 11.8. The summed E-state index contributed by atoms with van der Waals surface area (Å²) in [7, 11) is 0. The van der Waals surface area contributed by atoms with Gasteiger partial charge in [-0.2, -0.15) is 0 Å². The van der Waals surface area contributed by atoms with Crippen LogP contribution in [0.4, 0.5) is 18.9 Å². The first-order valence-corrected chi connectivity index (χ1v) is 6.48. The number of aromatic carboxylic acids is 1. The Morgan fingerprint density at radius 1 is 1.33 bits per heavy atom. The van der Waals surface area contributed by atoms with Crippen molar-refractivity contribution in [3.63, 3.8) is 0 Å². The third kappa shape index (κ3) is 2.39. The Kier molecular flexibility index (Phi) is 3.36. The van der Waals surface area contributed by atoms with Crippen LogP contribution in [0.3, 0.4) is 0 Å². The maximum atomic E-state index is 14.4. The summed E-state index contributed by atoms with van der Waals surface area (Å²) in [6.07, 6.45) is -2.76. The topological polar surface area (TPSA) is 94.7 Å². The van der Waals surface area contributed by atoms with Crippen molar-refractivity contribution in [2.45, 2.75) is 6.29 Å². The summed E-state index contributed by atoms with van der Waals surface area (Å²) in [4.78, 5) is 15.0. The summed E-state index contributed by atoms with van der Waals surface area (Å²) in [6, 6.07) is 3.42. The average molecular weight is 338 g/mol. The van der Waals surface area contributed by atoms with E-state index < -0.39 is 35.2 Å². The molecular weight excluding hydrogens is 329 g/mol. The number of carbonyl (C=O) groups is 1. The Morgan fingerprint density at radius 3 is 2.62 bits per heavy atom. The monoisotopic (exact) mass is 338 g/mol. The van der Waals surface area contributed by atoms with Crippen LogP contribution in [-0.2, 0) is 0 Å². The van der Waals surface area contributed by atoms with Gasteiger partial charge in [0.25, 0.3) is 0 Å². The summed E-state index contributed by atoms with van der Waals surface area (Å²) in [5.41, 5.74) is 4.03. The van der Waals surface area contributed by atoms with Gasteiger partial charge in [0, 0.05) is 11.1 Å². The molecular formula is C15H9F3N2O4. The minimum Gasteiger partial charge on any atom is -0.476 e. The Bertz CT molecular complexity index is 884. The van der Waals surface area contributed by atoms with E-state index in [0.717, 1.165) is 18.2 Å². The van der Waals surface area contributed by atoms with Crippen LogP contribution >= 0.6 is 0 Å². The standard InChI is InChI=1S/C15H9F3N2O4/c1-2-7-11(19)10(16)12(20-13(7)14(21)22)6-3-4-8-9(5-6)24-15(17,18)23-8/h2-5H,1H2,(H2,19,20)(H,21,22). The van der Waals surface area contributed by atoms with Gasteiger partial charge in [-0.3, -0.25) is 0 Å². The fourth-order valence-corrected chi connectivity index (χ4v) is 2.25. The second-order valence-electron chi connectivity index (χ2n) is 4.79. The maximum Gasteiger partial charge on any atom is 0.586 e. The van der Waals surface area contributed by atoms with Crippen molar-refractivity contribution in [1.82, 2.24) is 4.98 Å². The molecule has 1 aromatic carbocycles. The van der Waals surface area contributed by atoms with Crippen molar-refractivity contribution in [2.24, 2.45) is 0 Å². The normalized spacial score (nSPS) is 14.5. The summed E-state index contributed by atoms with van der Waals surface area (Å²) in [5.74, 6) is -3.01. The van der Waals surface area contributed by atoms with E-state index in [2.05, 4.69) is 21.0 Å². The fraction of sp³-hybridized carbons (Fsp3) is 0.0667. The van der Waals surface area contributed by atoms with Gasteiger partial charge in [0.2, 0.25) is 0 Å². The van der Waals surface area contributed by atoms with Crippen LogP contribution in [0.2, 0.25) is 0 Å². The summed E-state index contributed by atoms with van der Waals surface area (Å²) in [6.45, 7) is 3.37. The van der Waals surface area contributed by atoms with Gasteiger partial charge in [-0.25, -0.2) is 14.2 Å². The van der Waals surface area contributed by atoms with Crippen LogP contribution in [0.1, 0.15) is 16.1 Å². The Balaban J connectivity index is 2.18. The van der Waals surface area contributed by atoms with E-state index in [1.165, 1.54) is 6.07 Å². The van der Waals surface area contributed by atoms with Crippen molar-refractivity contribution < 1.29 is 32.5 Å². The molecule has 124 valence electrons. The number of nitrogens with two attached hydrogens (primary N) is 1. The smallest absolute Gasteiger partial charge is 0.476 e. The summed E-state index contributed by atoms with van der Waals surface area (Å²) < 4.78 is 49.0. The zero-order valence-electron chi connectivity index (χ0n) is 11.8. The minimum atomic E-state index is -3.83. The lowest BCUT2D eigenvalue weighted by molar-refractivity contribution is -0.286. The van der Waals surface area contributed by atoms with Crippen molar-refractivity contribution in [1.29, 1.82) is 0 Å². The van der Waals surface area contributed by atoms with E-state index in [-0.39, 0.29) is 22.6 Å². The number of carboxylic acid groups (broad SMARTS) is 1. The number of benzene rings is 1. The zero-order chi connectivity index (χ0) is 17.6.